The highest BCUT2D eigenvalue weighted by Gasteiger charge is 2.40. The van der Waals surface area contributed by atoms with Crippen LogP contribution in [0.4, 0.5) is 15.8 Å². The summed E-state index contributed by atoms with van der Waals surface area (Å²) in [5.74, 6) is -1.51. The smallest absolute Gasteiger partial charge is 0.283 e. The molecule has 3 aromatic carbocycles. The number of imide groups is 1. The lowest BCUT2D eigenvalue weighted by molar-refractivity contribution is -0.120. The van der Waals surface area contributed by atoms with E-state index in [0.717, 1.165) is 32.7 Å². The molecule has 7 heteroatoms. The molecule has 0 atom stereocenters. The van der Waals surface area contributed by atoms with Crippen LogP contribution in [0.2, 0.25) is 5.02 Å². The topological polar surface area (TPSA) is 49.4 Å². The third-order valence-corrected chi connectivity index (χ3v) is 6.02. The van der Waals surface area contributed by atoms with Gasteiger partial charge in [0.1, 0.15) is 16.4 Å². The van der Waals surface area contributed by atoms with Gasteiger partial charge in [-0.3, -0.25) is 9.59 Å². The molecule has 0 radical (unpaired) electrons. The summed E-state index contributed by atoms with van der Waals surface area (Å²) in [7, 11) is 0. The monoisotopic (exact) mass is 452 g/mol. The van der Waals surface area contributed by atoms with Gasteiger partial charge in [-0.05, 0) is 73.5 Å². The van der Waals surface area contributed by atoms with E-state index in [4.69, 9.17) is 11.6 Å². The van der Waals surface area contributed by atoms with Crippen molar-refractivity contribution < 1.29 is 14.0 Å². The van der Waals surface area contributed by atoms with E-state index in [-0.39, 0.29) is 16.3 Å². The first kappa shape index (κ1) is 21.2. The molecule has 0 aliphatic carbocycles. The molecule has 0 saturated carbocycles. The zero-order valence-electron chi connectivity index (χ0n) is 16.8. The average Bonchev–Trinajstić information content (AvgIpc) is 2.94. The molecule has 4 nitrogen and oxygen atoms in total. The zero-order chi connectivity index (χ0) is 22.1. The van der Waals surface area contributed by atoms with Crippen molar-refractivity contribution in [3.63, 3.8) is 0 Å². The molecule has 1 aliphatic heterocycles. The molecule has 4 rings (SSSR count). The fourth-order valence-electron chi connectivity index (χ4n) is 3.35. The summed E-state index contributed by atoms with van der Waals surface area (Å²) in [4.78, 5) is 28.7. The van der Waals surface area contributed by atoms with Gasteiger partial charge in [-0.25, -0.2) is 9.29 Å². The van der Waals surface area contributed by atoms with Gasteiger partial charge in [-0.1, -0.05) is 41.6 Å². The molecule has 1 heterocycles. The van der Waals surface area contributed by atoms with Crippen molar-refractivity contribution in [2.24, 2.45) is 0 Å². The summed E-state index contributed by atoms with van der Waals surface area (Å²) in [6.45, 7) is 3.80. The van der Waals surface area contributed by atoms with Crippen molar-refractivity contribution in [1.29, 1.82) is 0 Å². The molecule has 0 spiro atoms. The predicted octanol–water partition coefficient (Wildman–Crippen LogP) is 6.09. The quantitative estimate of drug-likeness (QED) is 0.476. The van der Waals surface area contributed by atoms with Crippen LogP contribution >= 0.6 is 23.4 Å². The second-order valence-corrected chi connectivity index (χ2v) is 8.68. The Morgan fingerprint density at radius 2 is 1.55 bits per heavy atom. The van der Waals surface area contributed by atoms with E-state index in [0.29, 0.717) is 10.7 Å². The van der Waals surface area contributed by atoms with Crippen molar-refractivity contribution in [3.05, 3.63) is 99.3 Å². The van der Waals surface area contributed by atoms with Crippen molar-refractivity contribution >= 4 is 46.6 Å². The summed E-state index contributed by atoms with van der Waals surface area (Å²) in [6, 6.07) is 18.5. The minimum atomic E-state index is -0.533. The number of para-hydroxylation sites is 1. The normalized spacial score (nSPS) is 13.9. The number of aryl methyl sites for hydroxylation is 2. The number of rotatable bonds is 5. The van der Waals surface area contributed by atoms with Crippen LogP contribution < -0.4 is 10.2 Å². The van der Waals surface area contributed by atoms with E-state index in [1.165, 1.54) is 12.1 Å². The lowest BCUT2D eigenvalue weighted by Gasteiger charge is -2.17. The number of halogens is 2. The molecule has 0 fully saturated rings. The largest absolute Gasteiger partial charge is 0.348 e. The minimum absolute atomic E-state index is 0.0363. The van der Waals surface area contributed by atoms with Gasteiger partial charge in [0.2, 0.25) is 0 Å². The molecular weight excluding hydrogens is 435 g/mol. The Morgan fingerprint density at radius 1 is 0.903 bits per heavy atom. The van der Waals surface area contributed by atoms with Gasteiger partial charge < -0.3 is 5.32 Å². The highest BCUT2D eigenvalue weighted by Crippen LogP contribution is 2.38. The van der Waals surface area contributed by atoms with Crippen LogP contribution in [-0.4, -0.2) is 11.8 Å². The van der Waals surface area contributed by atoms with Gasteiger partial charge in [-0.15, -0.1) is 0 Å². The lowest BCUT2D eigenvalue weighted by atomic mass is 10.1. The number of anilines is 2. The van der Waals surface area contributed by atoms with Gasteiger partial charge in [0, 0.05) is 9.92 Å². The molecule has 0 unspecified atom stereocenters. The Hall–Kier alpha value is -3.09. The molecule has 0 bridgehead atoms. The molecule has 2 amide bonds. The van der Waals surface area contributed by atoms with E-state index >= 15 is 0 Å². The molecule has 3 aromatic rings. The number of amides is 2. The van der Waals surface area contributed by atoms with Crippen LogP contribution in [0.5, 0.6) is 0 Å². The number of hydrogen-bond acceptors (Lipinski definition) is 4. The first-order valence-electron chi connectivity index (χ1n) is 9.50. The molecular formula is C24H18ClFN2O2S. The fourth-order valence-corrected chi connectivity index (χ4v) is 4.40. The van der Waals surface area contributed by atoms with Crippen molar-refractivity contribution in [2.75, 3.05) is 10.2 Å². The Kier molecular flexibility index (Phi) is 5.85. The molecule has 0 aromatic heterocycles. The summed E-state index contributed by atoms with van der Waals surface area (Å²) in [5, 5.41) is 3.41. The number of thioether (sulfide) groups is 1. The minimum Gasteiger partial charge on any atom is -0.348 e. The van der Waals surface area contributed by atoms with E-state index in [1.807, 2.05) is 19.9 Å². The second kappa shape index (κ2) is 8.57. The number of carbonyl (C=O) groups is 2. The van der Waals surface area contributed by atoms with Crippen molar-refractivity contribution in [2.45, 2.75) is 18.7 Å². The van der Waals surface area contributed by atoms with Crippen molar-refractivity contribution in [1.82, 2.24) is 0 Å². The first-order chi connectivity index (χ1) is 14.8. The number of nitrogens with one attached hydrogen (secondary N) is 1. The number of benzene rings is 3. The van der Waals surface area contributed by atoms with Gasteiger partial charge in [0.15, 0.2) is 0 Å². The number of nitrogens with zero attached hydrogens (tertiary/aromatic N) is 1. The third-order valence-electron chi connectivity index (χ3n) is 4.67. The Balaban J connectivity index is 1.78. The van der Waals surface area contributed by atoms with Crippen LogP contribution in [0.25, 0.3) is 0 Å². The zero-order valence-corrected chi connectivity index (χ0v) is 18.4. The predicted molar refractivity (Wildman–Crippen MR) is 123 cm³/mol. The highest BCUT2D eigenvalue weighted by atomic mass is 35.5. The van der Waals surface area contributed by atoms with Gasteiger partial charge in [0.25, 0.3) is 11.8 Å². The van der Waals surface area contributed by atoms with Crippen LogP contribution in [0.3, 0.4) is 0 Å². The molecule has 1 aliphatic rings. The summed E-state index contributed by atoms with van der Waals surface area (Å²) in [6.07, 6.45) is 0. The molecule has 1 N–H and O–H groups in total. The van der Waals surface area contributed by atoms with Crippen molar-refractivity contribution in [3.8, 4) is 0 Å². The lowest BCUT2D eigenvalue weighted by Crippen LogP contribution is -2.32. The Labute approximate surface area is 188 Å². The fraction of sp³-hybridized carbons (Fsp3) is 0.0833. The van der Waals surface area contributed by atoms with E-state index in [9.17, 15) is 14.0 Å². The third kappa shape index (κ3) is 4.36. The van der Waals surface area contributed by atoms with E-state index in [1.54, 1.807) is 48.5 Å². The number of hydrogen-bond donors (Lipinski definition) is 1. The van der Waals surface area contributed by atoms with E-state index in [2.05, 4.69) is 5.32 Å². The molecule has 156 valence electrons. The molecule has 31 heavy (non-hydrogen) atoms. The summed E-state index contributed by atoms with van der Waals surface area (Å²) in [5.41, 5.74) is 2.49. The molecule has 0 saturated heterocycles. The maximum absolute atomic E-state index is 14.3. The van der Waals surface area contributed by atoms with Crippen LogP contribution in [0.1, 0.15) is 11.1 Å². The van der Waals surface area contributed by atoms with Crippen LogP contribution in [0, 0.1) is 19.7 Å². The Morgan fingerprint density at radius 3 is 2.19 bits per heavy atom. The van der Waals surface area contributed by atoms with Crippen LogP contribution in [-0.2, 0) is 9.59 Å². The summed E-state index contributed by atoms with van der Waals surface area (Å²) < 4.78 is 14.3. The van der Waals surface area contributed by atoms with Gasteiger partial charge in [-0.2, -0.15) is 0 Å². The van der Waals surface area contributed by atoms with Gasteiger partial charge >= 0.3 is 0 Å². The standard InChI is InChI=1S/C24H18ClFN2O2S/c1-14-11-15(2)13-17(12-14)28-23(29)21(27-20-6-4-3-5-19(20)26)22(24(28)30)31-18-9-7-16(25)8-10-18/h3-13,27H,1-2H3. The number of carbonyl (C=O) groups excluding carboxylic acids is 2. The maximum Gasteiger partial charge on any atom is 0.283 e. The summed E-state index contributed by atoms with van der Waals surface area (Å²) >= 11 is 7.10. The SMILES string of the molecule is Cc1cc(C)cc(N2C(=O)C(Nc3ccccc3F)=C(Sc3ccc(Cl)cc3)C2=O)c1. The van der Waals surface area contributed by atoms with Crippen LogP contribution in [0.15, 0.2) is 82.2 Å². The van der Waals surface area contributed by atoms with Gasteiger partial charge in [0.05, 0.1) is 11.4 Å². The first-order valence-corrected chi connectivity index (χ1v) is 10.7. The maximum atomic E-state index is 14.3. The van der Waals surface area contributed by atoms with E-state index < -0.39 is 17.6 Å². The Bertz CT molecular complexity index is 1200. The second-order valence-electron chi connectivity index (χ2n) is 7.16. The highest BCUT2D eigenvalue weighted by molar-refractivity contribution is 8.04. The average molecular weight is 453 g/mol.